The summed E-state index contributed by atoms with van der Waals surface area (Å²) < 4.78 is 44.1. The van der Waals surface area contributed by atoms with E-state index in [2.05, 4.69) is 32.2 Å². The molecule has 1 aromatic carbocycles. The summed E-state index contributed by atoms with van der Waals surface area (Å²) in [7, 11) is -1.16. The molecule has 294 valence electrons. The zero-order chi connectivity index (χ0) is 39.7. The number of ether oxygens (including phenoxy) is 3. The summed E-state index contributed by atoms with van der Waals surface area (Å²) in [6.45, 7) is 12.3. The number of carbonyl (C=O) groups is 5. The van der Waals surface area contributed by atoms with Gasteiger partial charge in [-0.15, -0.1) is 6.58 Å². The maximum Gasteiger partial charge on any atom is 0.328 e. The smallest absolute Gasteiger partial charge is 0.328 e. The molecule has 0 bridgehead atoms. The Morgan fingerprint density at radius 1 is 1.07 bits per heavy atom. The molecule has 16 nitrogen and oxygen atoms in total. The molecule has 5 rings (SSSR count). The first-order valence-corrected chi connectivity index (χ1v) is 19.4. The van der Waals surface area contributed by atoms with E-state index in [1.165, 1.54) is 18.1 Å². The van der Waals surface area contributed by atoms with Gasteiger partial charge in [0.25, 0.3) is 5.91 Å². The Bertz CT molecular complexity index is 1930. The fourth-order valence-corrected chi connectivity index (χ4v) is 8.02. The molecule has 0 unspecified atom stereocenters. The zero-order valence-corrected chi connectivity index (χ0v) is 32.4. The Kier molecular flexibility index (Phi) is 11.5. The van der Waals surface area contributed by atoms with Gasteiger partial charge in [0.2, 0.25) is 27.7 Å². The molecule has 1 aliphatic heterocycles. The highest BCUT2D eigenvalue weighted by molar-refractivity contribution is 7.91. The molecule has 2 heterocycles. The maximum atomic E-state index is 14.6. The molecule has 4 N–H and O–H groups in total. The Morgan fingerprint density at radius 2 is 1.78 bits per heavy atom. The molecule has 2 aliphatic carbocycles. The van der Waals surface area contributed by atoms with Crippen molar-refractivity contribution in [3.05, 3.63) is 43.1 Å². The summed E-state index contributed by atoms with van der Waals surface area (Å²) in [5.74, 6) is -2.85. The van der Waals surface area contributed by atoms with Crippen LogP contribution in [0.25, 0.3) is 10.8 Å². The number of methoxy groups -OCH3 is 2. The standard InChI is InChI=1S/C37H50N6O10S/c1-9-22-18-37(22,34(47)42-54(49,50)25-11-12-25)41-30(44)27-17-24(53-31-26-13-10-23(51-7)16-21(26)14-15-38-31)19-43(27)32(45)29(36(4,5)6)40-35(48)39-28(20(2)3)33(46)52-8/h9-10,13-16,20,22,24-25,27-29H,1,11-12,17-19H2,2-8H3,(H,41,44)(H,42,47)(H2,39,40,48)/t22-,24+,27+,28+,29+,37-/m0/s1. The van der Waals surface area contributed by atoms with Gasteiger partial charge in [0, 0.05) is 23.9 Å². The van der Waals surface area contributed by atoms with E-state index in [1.807, 2.05) is 6.07 Å². The van der Waals surface area contributed by atoms with Crippen LogP contribution >= 0.6 is 0 Å². The number of nitrogens with zero attached hydrogens (tertiary/aromatic N) is 2. The van der Waals surface area contributed by atoms with Gasteiger partial charge in [-0.25, -0.2) is 23.0 Å². The number of amides is 5. The Labute approximate surface area is 315 Å². The van der Waals surface area contributed by atoms with Crippen LogP contribution in [0.4, 0.5) is 4.79 Å². The summed E-state index contributed by atoms with van der Waals surface area (Å²) in [5, 5.41) is 8.84. The molecule has 3 aliphatic rings. The second-order valence-electron chi connectivity index (χ2n) is 15.5. The van der Waals surface area contributed by atoms with Crippen LogP contribution in [0.3, 0.4) is 0 Å². The van der Waals surface area contributed by atoms with E-state index >= 15 is 0 Å². The Hall–Kier alpha value is -4.93. The number of fused-ring (bicyclic) bond motifs is 1. The molecule has 0 spiro atoms. The number of sulfonamides is 1. The first-order chi connectivity index (χ1) is 25.3. The quantitative estimate of drug-likeness (QED) is 0.162. The van der Waals surface area contributed by atoms with Crippen LogP contribution in [0.5, 0.6) is 11.6 Å². The average molecular weight is 771 g/mol. The fourth-order valence-electron chi connectivity index (χ4n) is 6.65. The summed E-state index contributed by atoms with van der Waals surface area (Å²) in [5.41, 5.74) is -2.49. The minimum absolute atomic E-state index is 0.0244. The largest absolute Gasteiger partial charge is 0.497 e. The number of urea groups is 1. The number of aromatic nitrogens is 1. The minimum Gasteiger partial charge on any atom is -0.497 e. The minimum atomic E-state index is -3.93. The van der Waals surface area contributed by atoms with Crippen LogP contribution in [0.1, 0.15) is 60.3 Å². The predicted molar refractivity (Wildman–Crippen MR) is 198 cm³/mol. The summed E-state index contributed by atoms with van der Waals surface area (Å²) in [6.07, 6.45) is 3.24. The number of esters is 1. The second kappa shape index (κ2) is 15.4. The van der Waals surface area contributed by atoms with E-state index in [-0.39, 0.29) is 31.2 Å². The highest BCUT2D eigenvalue weighted by Crippen LogP contribution is 2.45. The van der Waals surface area contributed by atoms with Gasteiger partial charge in [0.15, 0.2) is 0 Å². The van der Waals surface area contributed by atoms with Gasteiger partial charge >= 0.3 is 12.0 Å². The van der Waals surface area contributed by atoms with Crippen molar-refractivity contribution >= 4 is 50.5 Å². The van der Waals surface area contributed by atoms with Crippen LogP contribution in [0, 0.1) is 17.3 Å². The lowest BCUT2D eigenvalue weighted by Gasteiger charge is -2.36. The van der Waals surface area contributed by atoms with E-state index in [9.17, 15) is 32.4 Å². The van der Waals surface area contributed by atoms with E-state index in [1.54, 1.807) is 66.1 Å². The van der Waals surface area contributed by atoms with Crippen molar-refractivity contribution in [3.8, 4) is 11.6 Å². The van der Waals surface area contributed by atoms with Gasteiger partial charge in [0.1, 0.15) is 35.5 Å². The van der Waals surface area contributed by atoms with Gasteiger partial charge in [-0.2, -0.15) is 0 Å². The van der Waals surface area contributed by atoms with Crippen molar-refractivity contribution in [2.24, 2.45) is 17.3 Å². The van der Waals surface area contributed by atoms with Gasteiger partial charge in [-0.05, 0) is 60.2 Å². The molecule has 54 heavy (non-hydrogen) atoms. The van der Waals surface area contributed by atoms with Crippen molar-refractivity contribution in [1.29, 1.82) is 0 Å². The third kappa shape index (κ3) is 8.55. The number of rotatable bonds is 14. The number of carbonyl (C=O) groups excluding carboxylic acids is 5. The summed E-state index contributed by atoms with van der Waals surface area (Å²) >= 11 is 0. The van der Waals surface area contributed by atoms with Gasteiger partial charge < -0.3 is 35.1 Å². The lowest BCUT2D eigenvalue weighted by atomic mass is 9.85. The normalized spacial score (nSPS) is 23.5. The predicted octanol–water partition coefficient (Wildman–Crippen LogP) is 2.17. The third-order valence-electron chi connectivity index (χ3n) is 10.1. The highest BCUT2D eigenvalue weighted by Gasteiger charge is 2.62. The van der Waals surface area contributed by atoms with E-state index in [0.717, 1.165) is 5.39 Å². The first kappa shape index (κ1) is 40.3. The van der Waals surface area contributed by atoms with Gasteiger partial charge in [-0.1, -0.05) is 40.7 Å². The number of hydrogen-bond acceptors (Lipinski definition) is 11. The number of likely N-dealkylation sites (tertiary alicyclic amines) is 1. The van der Waals surface area contributed by atoms with E-state index in [0.29, 0.717) is 24.0 Å². The average Bonchev–Trinajstić information content (AvgIpc) is 4.05. The Morgan fingerprint density at radius 3 is 2.35 bits per heavy atom. The zero-order valence-electron chi connectivity index (χ0n) is 31.6. The van der Waals surface area contributed by atoms with Gasteiger partial charge in [0.05, 0.1) is 26.0 Å². The molecule has 1 saturated heterocycles. The number of pyridine rings is 1. The highest BCUT2D eigenvalue weighted by atomic mass is 32.2. The molecule has 5 amide bonds. The van der Waals surface area contributed by atoms with Crippen molar-refractivity contribution in [3.63, 3.8) is 0 Å². The van der Waals surface area contributed by atoms with Crippen molar-refractivity contribution in [1.82, 2.24) is 30.6 Å². The molecule has 17 heteroatoms. The van der Waals surface area contributed by atoms with Crippen molar-refractivity contribution in [2.45, 2.75) is 95.3 Å². The monoisotopic (exact) mass is 770 g/mol. The second-order valence-corrected chi connectivity index (χ2v) is 17.5. The fraction of sp³-hybridized carbons (Fsp3) is 0.568. The molecule has 3 fully saturated rings. The van der Waals surface area contributed by atoms with Crippen molar-refractivity contribution < 1.29 is 46.6 Å². The molecular weight excluding hydrogens is 721 g/mol. The number of hydrogen-bond donors (Lipinski definition) is 4. The number of benzene rings is 1. The topological polar surface area (TPSA) is 211 Å². The molecule has 2 saturated carbocycles. The van der Waals surface area contributed by atoms with Crippen LogP contribution in [0.2, 0.25) is 0 Å². The summed E-state index contributed by atoms with van der Waals surface area (Å²) in [6, 6.07) is 2.95. The van der Waals surface area contributed by atoms with Crippen molar-refractivity contribution in [2.75, 3.05) is 20.8 Å². The van der Waals surface area contributed by atoms with Crippen LogP contribution in [-0.4, -0.2) is 104 Å². The third-order valence-corrected chi connectivity index (χ3v) is 11.9. The van der Waals surface area contributed by atoms with E-state index in [4.69, 9.17) is 14.2 Å². The van der Waals surface area contributed by atoms with E-state index < -0.39 is 86.1 Å². The molecular formula is C37H50N6O10S. The first-order valence-electron chi connectivity index (χ1n) is 17.9. The maximum absolute atomic E-state index is 14.6. The van der Waals surface area contributed by atoms with Gasteiger partial charge in [-0.3, -0.25) is 19.1 Å². The molecule has 0 radical (unpaired) electrons. The summed E-state index contributed by atoms with van der Waals surface area (Å²) in [4.78, 5) is 73.8. The molecule has 6 atom stereocenters. The number of nitrogens with one attached hydrogen (secondary N) is 4. The van der Waals surface area contributed by atoms with Crippen LogP contribution in [0.15, 0.2) is 43.1 Å². The van der Waals surface area contributed by atoms with Crippen LogP contribution < -0.4 is 30.1 Å². The van der Waals surface area contributed by atoms with Crippen LogP contribution in [-0.2, 0) is 33.9 Å². The SMILES string of the molecule is C=C[C@H]1C[C@@]1(NC(=O)[C@H]1C[C@@H](Oc2nccc3cc(OC)ccc23)CN1C(=O)[C@@H](NC(=O)N[C@@H](C(=O)OC)C(C)C)C(C)(C)C)C(=O)NS(=O)(=O)C1CC1. The lowest BCUT2D eigenvalue weighted by Crippen LogP contribution is -2.61. The molecule has 2 aromatic rings. The lowest BCUT2D eigenvalue weighted by molar-refractivity contribution is -0.144. The Balaban J connectivity index is 1.44. The molecule has 1 aromatic heterocycles.